The van der Waals surface area contributed by atoms with Crippen molar-refractivity contribution < 1.29 is 23.9 Å². The Morgan fingerprint density at radius 2 is 2.10 bits per heavy atom. The van der Waals surface area contributed by atoms with Crippen LogP contribution in [0.2, 0.25) is 0 Å². The second-order valence-corrected chi connectivity index (χ2v) is 4.13. The lowest BCUT2D eigenvalue weighted by atomic mass is 10.2. The smallest absolute Gasteiger partial charge is 0.321 e. The molecule has 7 nitrogen and oxygen atoms in total. The molecular weight excluding hydrogens is 276 g/mol. The van der Waals surface area contributed by atoms with Gasteiger partial charge >= 0.3 is 6.03 Å². The van der Waals surface area contributed by atoms with Crippen LogP contribution in [0.25, 0.3) is 0 Å². The van der Waals surface area contributed by atoms with E-state index in [-0.39, 0.29) is 11.3 Å². The normalized spacial score (nSPS) is 11.2. The standard InChI is InChI=1S/C14H18N2O5/c1-4-15-14(19)16-13(18)9(2)21-12-7-11(20-3)6-5-10(12)8-17/h5-9H,4H2,1-3H3,(H2,15,16,18,19). The number of aldehydes is 1. The zero-order valence-corrected chi connectivity index (χ0v) is 12.1. The van der Waals surface area contributed by atoms with Gasteiger partial charge in [-0.2, -0.15) is 0 Å². The number of hydrogen-bond donors (Lipinski definition) is 2. The molecule has 0 aliphatic heterocycles. The summed E-state index contributed by atoms with van der Waals surface area (Å²) in [6, 6.07) is 4.03. The Labute approximate surface area is 122 Å². The molecule has 0 aliphatic carbocycles. The van der Waals surface area contributed by atoms with Crippen molar-refractivity contribution in [2.45, 2.75) is 20.0 Å². The van der Waals surface area contributed by atoms with Crippen molar-refractivity contribution in [1.29, 1.82) is 0 Å². The van der Waals surface area contributed by atoms with E-state index in [9.17, 15) is 14.4 Å². The summed E-state index contributed by atoms with van der Waals surface area (Å²) in [6.07, 6.45) is -0.332. The van der Waals surface area contributed by atoms with Crippen molar-refractivity contribution in [3.05, 3.63) is 23.8 Å². The molecule has 0 aliphatic rings. The van der Waals surface area contributed by atoms with Gasteiger partial charge in [0.1, 0.15) is 11.5 Å². The highest BCUT2D eigenvalue weighted by Crippen LogP contribution is 2.24. The number of carbonyl (C=O) groups excluding carboxylic acids is 3. The van der Waals surface area contributed by atoms with Crippen LogP contribution < -0.4 is 20.1 Å². The third-order valence-corrected chi connectivity index (χ3v) is 2.59. The Bertz CT molecular complexity index is 530. The number of imide groups is 1. The molecule has 0 radical (unpaired) electrons. The van der Waals surface area contributed by atoms with Crippen LogP contribution in [-0.4, -0.2) is 38.0 Å². The quantitative estimate of drug-likeness (QED) is 0.767. The monoisotopic (exact) mass is 294 g/mol. The summed E-state index contributed by atoms with van der Waals surface area (Å²) in [7, 11) is 1.48. The lowest BCUT2D eigenvalue weighted by molar-refractivity contribution is -0.126. The lowest BCUT2D eigenvalue weighted by Gasteiger charge is -2.16. The molecule has 1 aromatic rings. The van der Waals surface area contributed by atoms with Gasteiger partial charge in [0, 0.05) is 12.6 Å². The van der Waals surface area contributed by atoms with Crippen LogP contribution in [0.15, 0.2) is 18.2 Å². The highest BCUT2D eigenvalue weighted by molar-refractivity contribution is 5.96. The van der Waals surface area contributed by atoms with Crippen LogP contribution in [0.1, 0.15) is 24.2 Å². The van der Waals surface area contributed by atoms with Crippen molar-refractivity contribution >= 4 is 18.2 Å². The average molecular weight is 294 g/mol. The molecule has 7 heteroatoms. The number of rotatable bonds is 6. The summed E-state index contributed by atoms with van der Waals surface area (Å²) >= 11 is 0. The second kappa shape index (κ2) is 7.88. The summed E-state index contributed by atoms with van der Waals surface area (Å²) < 4.78 is 10.4. The molecule has 0 aromatic heterocycles. The Hall–Kier alpha value is -2.57. The molecule has 0 saturated carbocycles. The average Bonchev–Trinajstić information content (AvgIpc) is 2.47. The number of nitrogens with one attached hydrogen (secondary N) is 2. The van der Waals surface area contributed by atoms with Crippen LogP contribution in [0, 0.1) is 0 Å². The van der Waals surface area contributed by atoms with Crippen molar-refractivity contribution in [2.75, 3.05) is 13.7 Å². The van der Waals surface area contributed by atoms with Crippen LogP contribution in [-0.2, 0) is 4.79 Å². The van der Waals surface area contributed by atoms with Gasteiger partial charge in [-0.15, -0.1) is 0 Å². The van der Waals surface area contributed by atoms with Crippen LogP contribution in [0.3, 0.4) is 0 Å². The molecule has 0 spiro atoms. The lowest BCUT2D eigenvalue weighted by Crippen LogP contribution is -2.45. The molecule has 114 valence electrons. The summed E-state index contributed by atoms with van der Waals surface area (Å²) in [5, 5.41) is 4.57. The third-order valence-electron chi connectivity index (χ3n) is 2.59. The molecule has 0 fully saturated rings. The molecule has 1 rings (SSSR count). The summed E-state index contributed by atoms with van der Waals surface area (Å²) in [5.41, 5.74) is 0.286. The van der Waals surface area contributed by atoms with Gasteiger partial charge in [0.25, 0.3) is 5.91 Å². The van der Waals surface area contributed by atoms with E-state index in [0.717, 1.165) is 0 Å². The van der Waals surface area contributed by atoms with Gasteiger partial charge in [0.2, 0.25) is 0 Å². The molecular formula is C14H18N2O5. The highest BCUT2D eigenvalue weighted by atomic mass is 16.5. The molecule has 0 saturated heterocycles. The van der Waals surface area contributed by atoms with Gasteiger partial charge in [0.15, 0.2) is 12.4 Å². The first-order chi connectivity index (χ1) is 10.0. The first-order valence-electron chi connectivity index (χ1n) is 6.40. The van der Waals surface area contributed by atoms with Crippen LogP contribution in [0.4, 0.5) is 4.79 Å². The van der Waals surface area contributed by atoms with Crippen molar-refractivity contribution in [1.82, 2.24) is 10.6 Å². The predicted octanol–water partition coefficient (Wildman–Crippen LogP) is 1.12. The maximum absolute atomic E-state index is 11.8. The van der Waals surface area contributed by atoms with Crippen molar-refractivity contribution in [3.8, 4) is 11.5 Å². The van der Waals surface area contributed by atoms with E-state index >= 15 is 0 Å². The summed E-state index contributed by atoms with van der Waals surface area (Å²) in [5.74, 6) is 0.0930. The molecule has 21 heavy (non-hydrogen) atoms. The molecule has 0 bridgehead atoms. The predicted molar refractivity (Wildman–Crippen MR) is 75.7 cm³/mol. The fraction of sp³-hybridized carbons (Fsp3) is 0.357. The fourth-order valence-corrected chi connectivity index (χ4v) is 1.50. The number of hydrogen-bond acceptors (Lipinski definition) is 5. The summed E-state index contributed by atoms with van der Waals surface area (Å²) in [6.45, 7) is 3.61. The van der Waals surface area contributed by atoms with Crippen LogP contribution >= 0.6 is 0 Å². The maximum atomic E-state index is 11.8. The minimum Gasteiger partial charge on any atom is -0.497 e. The van der Waals surface area contributed by atoms with E-state index in [1.807, 2.05) is 0 Å². The first-order valence-corrected chi connectivity index (χ1v) is 6.40. The number of amides is 3. The van der Waals surface area contributed by atoms with Gasteiger partial charge in [-0.25, -0.2) is 4.79 Å². The first kappa shape index (κ1) is 16.5. The van der Waals surface area contributed by atoms with Gasteiger partial charge < -0.3 is 14.8 Å². The molecule has 0 heterocycles. The van der Waals surface area contributed by atoms with E-state index in [1.165, 1.54) is 26.2 Å². The van der Waals surface area contributed by atoms with Gasteiger partial charge in [-0.1, -0.05) is 0 Å². The number of benzene rings is 1. The number of ether oxygens (including phenoxy) is 2. The second-order valence-electron chi connectivity index (χ2n) is 4.13. The third kappa shape index (κ3) is 4.79. The zero-order chi connectivity index (χ0) is 15.8. The zero-order valence-electron chi connectivity index (χ0n) is 12.1. The van der Waals surface area contributed by atoms with E-state index in [2.05, 4.69) is 10.6 Å². The van der Waals surface area contributed by atoms with E-state index in [0.29, 0.717) is 18.6 Å². The Balaban J connectivity index is 2.77. The van der Waals surface area contributed by atoms with Gasteiger partial charge in [-0.3, -0.25) is 14.9 Å². The van der Waals surface area contributed by atoms with E-state index in [1.54, 1.807) is 13.0 Å². The number of urea groups is 1. The van der Waals surface area contributed by atoms with Gasteiger partial charge in [-0.05, 0) is 26.0 Å². The van der Waals surface area contributed by atoms with E-state index < -0.39 is 18.0 Å². The SMILES string of the molecule is CCNC(=O)NC(=O)C(C)Oc1cc(OC)ccc1C=O. The van der Waals surface area contributed by atoms with Gasteiger partial charge in [0.05, 0.1) is 12.7 Å². The summed E-state index contributed by atoms with van der Waals surface area (Å²) in [4.78, 5) is 34.0. The minimum atomic E-state index is -0.946. The molecule has 1 aromatic carbocycles. The number of carbonyl (C=O) groups is 3. The molecule has 1 atom stereocenters. The Morgan fingerprint density at radius 3 is 2.67 bits per heavy atom. The van der Waals surface area contributed by atoms with E-state index in [4.69, 9.17) is 9.47 Å². The van der Waals surface area contributed by atoms with Crippen molar-refractivity contribution in [3.63, 3.8) is 0 Å². The highest BCUT2D eigenvalue weighted by Gasteiger charge is 2.18. The number of methoxy groups -OCH3 is 1. The Kier molecular flexibility index (Phi) is 6.19. The Morgan fingerprint density at radius 1 is 1.38 bits per heavy atom. The maximum Gasteiger partial charge on any atom is 0.321 e. The topological polar surface area (TPSA) is 93.7 Å². The minimum absolute atomic E-state index is 0.211. The molecule has 3 amide bonds. The molecule has 2 N–H and O–H groups in total. The largest absolute Gasteiger partial charge is 0.497 e. The van der Waals surface area contributed by atoms with Crippen LogP contribution in [0.5, 0.6) is 11.5 Å². The molecule has 1 unspecified atom stereocenters. The fourth-order valence-electron chi connectivity index (χ4n) is 1.50. The van der Waals surface area contributed by atoms with Crippen molar-refractivity contribution in [2.24, 2.45) is 0 Å².